The maximum atomic E-state index is 11.4. The van der Waals surface area contributed by atoms with Crippen molar-refractivity contribution in [2.45, 2.75) is 6.67 Å². The van der Waals surface area contributed by atoms with Crippen molar-refractivity contribution in [3.05, 3.63) is 18.0 Å². The number of aromatic amines is 1. The molecular formula is C4H4FN2. The van der Waals surface area contributed by atoms with Gasteiger partial charge >= 0.3 is 0 Å². The van der Waals surface area contributed by atoms with Crippen LogP contribution in [0.5, 0.6) is 0 Å². The zero-order valence-electron chi connectivity index (χ0n) is 3.61. The summed E-state index contributed by atoms with van der Waals surface area (Å²) in [5.41, 5.74) is 0.333. The Labute approximate surface area is 40.4 Å². The highest BCUT2D eigenvalue weighted by molar-refractivity contribution is 4.91. The van der Waals surface area contributed by atoms with Crippen LogP contribution < -0.4 is 0 Å². The Bertz CT molecular complexity index is 124. The van der Waals surface area contributed by atoms with E-state index in [9.17, 15) is 4.39 Å². The molecule has 0 aliphatic carbocycles. The van der Waals surface area contributed by atoms with Crippen molar-refractivity contribution < 1.29 is 4.39 Å². The van der Waals surface area contributed by atoms with Crippen LogP contribution in [-0.4, -0.2) is 10.2 Å². The second-order valence-electron chi connectivity index (χ2n) is 1.11. The standard InChI is InChI=1S/C4H4FN2/c5-3-4-1-2-6-7-4/h2H,3H2,(H,6,7). The summed E-state index contributed by atoms with van der Waals surface area (Å²) in [6.45, 7) is -0.538. The van der Waals surface area contributed by atoms with Crippen molar-refractivity contribution in [1.82, 2.24) is 10.2 Å². The van der Waals surface area contributed by atoms with Crippen molar-refractivity contribution in [2.24, 2.45) is 0 Å². The zero-order valence-corrected chi connectivity index (χ0v) is 3.61. The number of rotatable bonds is 1. The molecule has 1 aromatic rings. The molecule has 7 heavy (non-hydrogen) atoms. The summed E-state index contributed by atoms with van der Waals surface area (Å²) < 4.78 is 11.4. The van der Waals surface area contributed by atoms with Gasteiger partial charge in [0.15, 0.2) is 0 Å². The SMILES string of the molecule is FCc1[c]c[nH]n1. The summed E-state index contributed by atoms with van der Waals surface area (Å²) >= 11 is 0. The first-order chi connectivity index (χ1) is 3.43. The number of aromatic nitrogens is 2. The second-order valence-corrected chi connectivity index (χ2v) is 1.11. The molecule has 0 bridgehead atoms. The van der Waals surface area contributed by atoms with Crippen molar-refractivity contribution in [2.75, 3.05) is 0 Å². The van der Waals surface area contributed by atoms with Gasteiger partial charge < -0.3 is 0 Å². The molecule has 1 N–H and O–H groups in total. The van der Waals surface area contributed by atoms with E-state index >= 15 is 0 Å². The normalized spacial score (nSPS) is 9.29. The zero-order chi connectivity index (χ0) is 5.11. The van der Waals surface area contributed by atoms with Crippen LogP contribution in [0.1, 0.15) is 5.69 Å². The van der Waals surface area contributed by atoms with Gasteiger partial charge in [-0.1, -0.05) is 0 Å². The number of nitrogens with one attached hydrogen (secondary N) is 1. The van der Waals surface area contributed by atoms with Crippen molar-refractivity contribution in [3.63, 3.8) is 0 Å². The average molecular weight is 99.1 g/mol. The molecule has 0 atom stereocenters. The monoisotopic (exact) mass is 99.0 g/mol. The van der Waals surface area contributed by atoms with Crippen molar-refractivity contribution in [3.8, 4) is 0 Å². The van der Waals surface area contributed by atoms with Crippen LogP contribution in [0, 0.1) is 6.07 Å². The molecule has 2 nitrogen and oxygen atoms in total. The number of hydrogen-bond donors (Lipinski definition) is 1. The molecule has 0 unspecified atom stereocenters. The van der Waals surface area contributed by atoms with Gasteiger partial charge in [-0.05, 0) is 0 Å². The molecule has 1 aromatic heterocycles. The fourth-order valence-electron chi connectivity index (χ4n) is 0.327. The first-order valence-electron chi connectivity index (χ1n) is 1.90. The van der Waals surface area contributed by atoms with E-state index in [2.05, 4.69) is 16.3 Å². The van der Waals surface area contributed by atoms with Gasteiger partial charge in [0.2, 0.25) is 0 Å². The topological polar surface area (TPSA) is 28.7 Å². The van der Waals surface area contributed by atoms with Gasteiger partial charge in [0.1, 0.15) is 12.4 Å². The Morgan fingerprint density at radius 3 is 3.14 bits per heavy atom. The Morgan fingerprint density at radius 1 is 2.00 bits per heavy atom. The second kappa shape index (κ2) is 1.73. The summed E-state index contributed by atoms with van der Waals surface area (Å²) in [4.78, 5) is 0. The lowest BCUT2D eigenvalue weighted by atomic mass is 10.5. The maximum Gasteiger partial charge on any atom is 0.134 e. The number of H-pyrrole nitrogens is 1. The third-order valence-corrected chi connectivity index (χ3v) is 0.629. The van der Waals surface area contributed by atoms with Gasteiger partial charge in [-0.25, -0.2) is 4.39 Å². The lowest BCUT2D eigenvalue weighted by molar-refractivity contribution is 0.475. The molecular weight excluding hydrogens is 95.1 g/mol. The smallest absolute Gasteiger partial charge is 0.134 e. The van der Waals surface area contributed by atoms with Gasteiger partial charge in [0.05, 0.1) is 0 Å². The van der Waals surface area contributed by atoms with Crippen LogP contribution in [0.4, 0.5) is 4.39 Å². The van der Waals surface area contributed by atoms with Crippen LogP contribution in [0.25, 0.3) is 0 Å². The van der Waals surface area contributed by atoms with Gasteiger partial charge in [-0.3, -0.25) is 5.10 Å². The number of hydrogen-bond acceptors (Lipinski definition) is 1. The Kier molecular flexibility index (Phi) is 1.06. The largest absolute Gasteiger partial charge is 0.285 e. The van der Waals surface area contributed by atoms with Crippen molar-refractivity contribution in [1.29, 1.82) is 0 Å². The van der Waals surface area contributed by atoms with E-state index in [4.69, 9.17) is 0 Å². The molecule has 0 saturated heterocycles. The third kappa shape index (κ3) is 0.765. The van der Waals surface area contributed by atoms with Crippen molar-refractivity contribution >= 4 is 0 Å². The summed E-state index contributed by atoms with van der Waals surface area (Å²) in [6, 6.07) is 2.55. The minimum Gasteiger partial charge on any atom is -0.285 e. The minimum atomic E-state index is -0.538. The molecule has 0 amide bonds. The molecule has 0 aromatic carbocycles. The Balaban J connectivity index is 2.76. The molecule has 1 rings (SSSR count). The van der Waals surface area contributed by atoms with E-state index < -0.39 is 6.67 Å². The highest BCUT2D eigenvalue weighted by Crippen LogP contribution is 1.89. The van der Waals surface area contributed by atoms with Crippen LogP contribution in [-0.2, 0) is 6.67 Å². The number of halogens is 1. The predicted molar refractivity (Wildman–Crippen MR) is 22.2 cm³/mol. The van der Waals surface area contributed by atoms with E-state index in [1.54, 1.807) is 0 Å². The Hall–Kier alpha value is -0.860. The van der Waals surface area contributed by atoms with Crippen LogP contribution in [0.15, 0.2) is 6.20 Å². The molecule has 0 aliphatic heterocycles. The molecule has 3 heteroatoms. The molecule has 1 radical (unpaired) electrons. The van der Waals surface area contributed by atoms with Gasteiger partial charge in [-0.2, -0.15) is 5.10 Å². The first-order valence-corrected chi connectivity index (χ1v) is 1.90. The Morgan fingerprint density at radius 2 is 2.86 bits per heavy atom. The highest BCUT2D eigenvalue weighted by atomic mass is 19.1. The summed E-state index contributed by atoms with van der Waals surface area (Å²) in [5, 5.41) is 5.91. The quantitative estimate of drug-likeness (QED) is 0.551. The fourth-order valence-corrected chi connectivity index (χ4v) is 0.327. The summed E-state index contributed by atoms with van der Waals surface area (Å²) in [6.07, 6.45) is 1.47. The van der Waals surface area contributed by atoms with E-state index in [1.807, 2.05) is 0 Å². The lowest BCUT2D eigenvalue weighted by Gasteiger charge is -1.73. The van der Waals surface area contributed by atoms with Gasteiger partial charge in [-0.15, -0.1) is 0 Å². The van der Waals surface area contributed by atoms with Crippen LogP contribution in [0.2, 0.25) is 0 Å². The van der Waals surface area contributed by atoms with Crippen LogP contribution in [0.3, 0.4) is 0 Å². The summed E-state index contributed by atoms with van der Waals surface area (Å²) in [5.74, 6) is 0. The fraction of sp³-hybridized carbons (Fsp3) is 0.250. The summed E-state index contributed by atoms with van der Waals surface area (Å²) in [7, 11) is 0. The lowest BCUT2D eigenvalue weighted by Crippen LogP contribution is -1.74. The molecule has 0 spiro atoms. The van der Waals surface area contributed by atoms with E-state index in [-0.39, 0.29) is 0 Å². The third-order valence-electron chi connectivity index (χ3n) is 0.629. The van der Waals surface area contributed by atoms with Gasteiger partial charge in [0.25, 0.3) is 0 Å². The van der Waals surface area contributed by atoms with E-state index in [0.29, 0.717) is 5.69 Å². The van der Waals surface area contributed by atoms with Gasteiger partial charge in [0, 0.05) is 12.3 Å². The average Bonchev–Trinajstić information content (AvgIpc) is 2.14. The van der Waals surface area contributed by atoms with Crippen LogP contribution >= 0.6 is 0 Å². The maximum absolute atomic E-state index is 11.4. The van der Waals surface area contributed by atoms with E-state index in [0.717, 1.165) is 0 Å². The molecule has 0 aliphatic rings. The number of nitrogens with zero attached hydrogens (tertiary/aromatic N) is 1. The molecule has 0 saturated carbocycles. The number of alkyl halides is 1. The molecule has 37 valence electrons. The predicted octanol–water partition coefficient (Wildman–Crippen LogP) is 0.679. The molecule has 1 heterocycles. The molecule has 0 fully saturated rings. The van der Waals surface area contributed by atoms with E-state index in [1.165, 1.54) is 6.20 Å². The minimum absolute atomic E-state index is 0.333. The highest BCUT2D eigenvalue weighted by Gasteiger charge is 1.87. The first kappa shape index (κ1) is 4.30.